The normalized spacial score (nSPS) is 16.5. The number of nitrogens with two attached hydrogens (primary N) is 1. The lowest BCUT2D eigenvalue weighted by Gasteiger charge is -2.41. The van der Waals surface area contributed by atoms with Crippen LogP contribution in [0.3, 0.4) is 0 Å². The molecule has 1 atom stereocenters. The zero-order chi connectivity index (χ0) is 28.3. The number of carbonyl (C=O) groups excluding carboxylic acids is 1. The molecule has 39 heavy (non-hydrogen) atoms. The molecular formula is C25H26F6N6O2. The van der Waals surface area contributed by atoms with Crippen LogP contribution in [0.15, 0.2) is 48.7 Å². The minimum atomic E-state index is -4.98. The summed E-state index contributed by atoms with van der Waals surface area (Å²) in [6, 6.07) is 8.13. The second-order valence-electron chi connectivity index (χ2n) is 8.95. The molecule has 8 nitrogen and oxygen atoms in total. The molecule has 1 fully saturated rings. The third-order valence-electron chi connectivity index (χ3n) is 6.29. The number of aromatic nitrogens is 2. The molecule has 210 valence electrons. The number of hydrogen-bond acceptors (Lipinski definition) is 6. The smallest absolute Gasteiger partial charge is 0.422 e. The van der Waals surface area contributed by atoms with Crippen LogP contribution in [0.5, 0.6) is 11.5 Å². The Bertz CT molecular complexity index is 1310. The molecule has 1 amide bonds. The summed E-state index contributed by atoms with van der Waals surface area (Å²) in [6.07, 6.45) is -6.52. The quantitative estimate of drug-likeness (QED) is 0.400. The lowest BCUT2D eigenvalue weighted by molar-refractivity contribution is -0.138. The topological polar surface area (TPSA) is 88.6 Å². The fraction of sp³-hybridized carbons (Fsp3) is 0.360. The van der Waals surface area contributed by atoms with Crippen LogP contribution < -0.4 is 20.7 Å². The van der Waals surface area contributed by atoms with Gasteiger partial charge in [0.05, 0.1) is 11.4 Å². The summed E-state index contributed by atoms with van der Waals surface area (Å²) in [4.78, 5) is 16.3. The fourth-order valence-electron chi connectivity index (χ4n) is 4.32. The van der Waals surface area contributed by atoms with Gasteiger partial charge in [0.25, 0.3) is 12.3 Å². The van der Waals surface area contributed by atoms with Gasteiger partial charge < -0.3 is 20.7 Å². The van der Waals surface area contributed by atoms with Gasteiger partial charge in [0.15, 0.2) is 17.3 Å². The monoisotopic (exact) mass is 556 g/mol. The van der Waals surface area contributed by atoms with E-state index in [1.54, 1.807) is 7.05 Å². The molecule has 4 rings (SSSR count). The van der Waals surface area contributed by atoms with Gasteiger partial charge in [-0.1, -0.05) is 12.1 Å². The lowest BCUT2D eigenvalue weighted by Crippen LogP contribution is -2.54. The highest BCUT2D eigenvalue weighted by atomic mass is 19.4. The average Bonchev–Trinajstić information content (AvgIpc) is 3.33. The number of rotatable bonds is 8. The molecule has 0 saturated carbocycles. The van der Waals surface area contributed by atoms with Gasteiger partial charge in [-0.2, -0.15) is 18.3 Å². The molecule has 0 spiro atoms. The molecule has 0 aliphatic carbocycles. The second kappa shape index (κ2) is 11.5. The molecule has 1 aromatic heterocycles. The highest BCUT2D eigenvalue weighted by molar-refractivity contribution is 6.05. The van der Waals surface area contributed by atoms with Crippen LogP contribution in [0.25, 0.3) is 0 Å². The van der Waals surface area contributed by atoms with Crippen molar-refractivity contribution in [3.05, 3.63) is 65.7 Å². The zero-order valence-corrected chi connectivity index (χ0v) is 20.8. The minimum absolute atomic E-state index is 0.102. The largest absolute Gasteiger partial charge is 0.454 e. The summed E-state index contributed by atoms with van der Waals surface area (Å²) in [6.45, 7) is 0.0584. The number of nitrogens with zero attached hydrogens (tertiary/aromatic N) is 4. The summed E-state index contributed by atoms with van der Waals surface area (Å²) in [7, 11) is 1.80. The standard InChI is InChI=1S/C25H26F6N6O2/c1-35-10-11-36(13-15(35)12-32)23-17(33-24(38)18-8-9-37(34-18)14-21(27)28)6-7-20(22(23)25(29,30)31)39-19-5-3-2-4-16(19)26/h2-9,15,21H,10-14,32H2,1H3,(H,33,38)/t15-/m0/s1. The predicted octanol–water partition coefficient (Wildman–Crippen LogP) is 4.43. The molecule has 0 radical (unpaired) electrons. The molecule has 1 aliphatic heterocycles. The van der Waals surface area contributed by atoms with Crippen LogP contribution in [0.2, 0.25) is 0 Å². The van der Waals surface area contributed by atoms with E-state index < -0.39 is 47.9 Å². The average molecular weight is 557 g/mol. The van der Waals surface area contributed by atoms with Crippen molar-refractivity contribution < 1.29 is 35.9 Å². The Morgan fingerprint density at radius 3 is 2.56 bits per heavy atom. The van der Waals surface area contributed by atoms with Crippen LogP contribution in [-0.2, 0) is 12.7 Å². The van der Waals surface area contributed by atoms with Crippen LogP contribution in [0.1, 0.15) is 16.1 Å². The van der Waals surface area contributed by atoms with E-state index in [0.29, 0.717) is 6.54 Å². The van der Waals surface area contributed by atoms with E-state index in [0.717, 1.165) is 16.8 Å². The van der Waals surface area contributed by atoms with Crippen molar-refractivity contribution in [1.29, 1.82) is 0 Å². The van der Waals surface area contributed by atoms with E-state index in [2.05, 4.69) is 10.4 Å². The Kier molecular flexibility index (Phi) is 8.35. The molecule has 2 aromatic carbocycles. The van der Waals surface area contributed by atoms with Crippen molar-refractivity contribution in [2.45, 2.75) is 25.2 Å². The molecule has 14 heteroatoms. The van der Waals surface area contributed by atoms with E-state index in [4.69, 9.17) is 10.5 Å². The Hall–Kier alpha value is -3.78. The van der Waals surface area contributed by atoms with E-state index in [1.165, 1.54) is 41.4 Å². The van der Waals surface area contributed by atoms with Crippen LogP contribution in [0, 0.1) is 5.82 Å². The number of benzene rings is 2. The van der Waals surface area contributed by atoms with Gasteiger partial charge in [-0.05, 0) is 37.4 Å². The first-order valence-electron chi connectivity index (χ1n) is 11.9. The molecule has 3 N–H and O–H groups in total. The van der Waals surface area contributed by atoms with E-state index in [-0.39, 0.29) is 42.7 Å². The van der Waals surface area contributed by atoms with Gasteiger partial charge in [0.2, 0.25) is 0 Å². The maximum absolute atomic E-state index is 14.7. The molecule has 0 bridgehead atoms. The zero-order valence-electron chi connectivity index (χ0n) is 20.8. The summed E-state index contributed by atoms with van der Waals surface area (Å²) in [5.74, 6) is -2.82. The Morgan fingerprint density at radius 2 is 1.90 bits per heavy atom. The fourth-order valence-corrected chi connectivity index (χ4v) is 4.32. The van der Waals surface area contributed by atoms with E-state index in [9.17, 15) is 31.1 Å². The van der Waals surface area contributed by atoms with Crippen molar-refractivity contribution in [3.63, 3.8) is 0 Å². The Morgan fingerprint density at radius 1 is 1.15 bits per heavy atom. The summed E-state index contributed by atoms with van der Waals surface area (Å²) in [5.41, 5.74) is 3.77. The number of halogens is 6. The first-order chi connectivity index (χ1) is 18.5. The van der Waals surface area contributed by atoms with Gasteiger partial charge in [0.1, 0.15) is 17.9 Å². The minimum Gasteiger partial charge on any atom is -0.454 e. The number of alkyl halides is 5. The number of carbonyl (C=O) groups is 1. The number of nitrogens with one attached hydrogen (secondary N) is 1. The van der Waals surface area contributed by atoms with E-state index >= 15 is 0 Å². The van der Waals surface area contributed by atoms with Crippen molar-refractivity contribution in [3.8, 4) is 11.5 Å². The first-order valence-corrected chi connectivity index (χ1v) is 11.9. The Balaban J connectivity index is 1.79. The van der Waals surface area contributed by atoms with Crippen molar-refractivity contribution in [2.75, 3.05) is 43.4 Å². The van der Waals surface area contributed by atoms with Crippen LogP contribution in [-0.4, -0.2) is 66.3 Å². The number of anilines is 2. The van der Waals surface area contributed by atoms with Crippen molar-refractivity contribution >= 4 is 17.3 Å². The predicted molar refractivity (Wildman–Crippen MR) is 132 cm³/mol. The van der Waals surface area contributed by atoms with Gasteiger partial charge in [-0.25, -0.2) is 13.2 Å². The molecule has 1 saturated heterocycles. The molecule has 3 aromatic rings. The van der Waals surface area contributed by atoms with Gasteiger partial charge in [0, 0.05) is 38.4 Å². The van der Waals surface area contributed by atoms with E-state index in [1.807, 2.05) is 4.90 Å². The lowest BCUT2D eigenvalue weighted by atomic mass is 10.0. The van der Waals surface area contributed by atoms with Crippen molar-refractivity contribution in [1.82, 2.24) is 14.7 Å². The summed E-state index contributed by atoms with van der Waals surface area (Å²) in [5, 5.41) is 6.21. The highest BCUT2D eigenvalue weighted by Gasteiger charge is 2.42. The molecule has 2 heterocycles. The Labute approximate surface area is 219 Å². The summed E-state index contributed by atoms with van der Waals surface area (Å²) >= 11 is 0. The maximum Gasteiger partial charge on any atom is 0.422 e. The van der Waals surface area contributed by atoms with Crippen LogP contribution >= 0.6 is 0 Å². The number of amides is 1. The van der Waals surface area contributed by atoms with Gasteiger partial charge in [-0.15, -0.1) is 0 Å². The number of hydrogen-bond donors (Lipinski definition) is 2. The van der Waals surface area contributed by atoms with Crippen molar-refractivity contribution in [2.24, 2.45) is 5.73 Å². The highest BCUT2D eigenvalue weighted by Crippen LogP contribution is 2.48. The van der Waals surface area contributed by atoms with Gasteiger partial charge >= 0.3 is 6.18 Å². The number of para-hydroxylation sites is 1. The number of piperazine rings is 1. The van der Waals surface area contributed by atoms with Gasteiger partial charge in [-0.3, -0.25) is 14.4 Å². The number of ether oxygens (including phenoxy) is 1. The molecule has 0 unspecified atom stereocenters. The summed E-state index contributed by atoms with van der Waals surface area (Å²) < 4.78 is 89.8. The maximum atomic E-state index is 14.7. The molecular weight excluding hydrogens is 530 g/mol. The molecule has 1 aliphatic rings. The number of likely N-dealkylation sites (N-methyl/N-ethyl adjacent to an activating group) is 1. The van der Waals surface area contributed by atoms with Crippen LogP contribution in [0.4, 0.5) is 37.7 Å². The third-order valence-corrected chi connectivity index (χ3v) is 6.29. The SMILES string of the molecule is CN1CCN(c2c(NC(=O)c3ccn(CC(F)F)n3)ccc(Oc3ccccc3F)c2C(F)(F)F)C[C@@H]1CN. The second-order valence-corrected chi connectivity index (χ2v) is 8.95. The third kappa shape index (κ3) is 6.45. The first kappa shape index (κ1) is 28.2.